The lowest BCUT2D eigenvalue weighted by atomic mass is 10.0. The molecule has 1 atom stereocenters. The van der Waals surface area contributed by atoms with Crippen LogP contribution in [0.5, 0.6) is 0 Å². The van der Waals surface area contributed by atoms with E-state index in [9.17, 15) is 18.3 Å². The smallest absolute Gasteiger partial charge is 0.389 e. The summed E-state index contributed by atoms with van der Waals surface area (Å²) in [6.07, 6.45) is -5.12. The monoisotopic (exact) mass is 310 g/mol. The van der Waals surface area contributed by atoms with Crippen molar-refractivity contribution in [1.29, 1.82) is 0 Å². The molecule has 0 saturated heterocycles. The molecule has 1 unspecified atom stereocenters. The number of hydrogen-bond donors (Lipinski definition) is 1. The Hall–Kier alpha value is -0.550. The van der Waals surface area contributed by atoms with Gasteiger partial charge in [-0.05, 0) is 37.0 Å². The van der Waals surface area contributed by atoms with Crippen LogP contribution in [-0.4, -0.2) is 17.4 Å². The van der Waals surface area contributed by atoms with Crippen LogP contribution in [0.2, 0.25) is 0 Å². The highest BCUT2D eigenvalue weighted by molar-refractivity contribution is 9.10. The SMILES string of the molecule is OC(CCCC(F)(F)F)Cc1ccc(Br)cc1. The molecule has 1 N–H and O–H groups in total. The van der Waals surface area contributed by atoms with Gasteiger partial charge < -0.3 is 5.11 Å². The normalized spacial score (nSPS) is 13.7. The predicted molar refractivity (Wildman–Crippen MR) is 63.8 cm³/mol. The number of rotatable bonds is 5. The number of aliphatic hydroxyl groups is 1. The molecule has 0 aliphatic carbocycles. The molecule has 0 aromatic heterocycles. The summed E-state index contributed by atoms with van der Waals surface area (Å²) in [6, 6.07) is 7.38. The van der Waals surface area contributed by atoms with Gasteiger partial charge in [-0.1, -0.05) is 28.1 Å². The van der Waals surface area contributed by atoms with Crippen LogP contribution in [0.4, 0.5) is 13.2 Å². The zero-order chi connectivity index (χ0) is 12.9. The molecule has 1 nitrogen and oxygen atoms in total. The molecule has 17 heavy (non-hydrogen) atoms. The molecular formula is C12H14BrF3O. The van der Waals surface area contributed by atoms with Gasteiger partial charge in [0.05, 0.1) is 6.10 Å². The van der Waals surface area contributed by atoms with Crippen molar-refractivity contribution >= 4 is 15.9 Å². The molecule has 1 rings (SSSR count). The molecule has 0 amide bonds. The Morgan fingerprint density at radius 3 is 2.29 bits per heavy atom. The Labute approximate surface area is 107 Å². The number of halogens is 4. The van der Waals surface area contributed by atoms with Crippen LogP contribution in [0.25, 0.3) is 0 Å². The minimum atomic E-state index is -4.13. The minimum absolute atomic E-state index is 0.0266. The second-order valence-corrected chi connectivity index (χ2v) is 4.91. The third-order valence-electron chi connectivity index (χ3n) is 2.38. The first kappa shape index (κ1) is 14.5. The van der Waals surface area contributed by atoms with Crippen molar-refractivity contribution in [2.24, 2.45) is 0 Å². The van der Waals surface area contributed by atoms with Crippen LogP contribution in [-0.2, 0) is 6.42 Å². The van der Waals surface area contributed by atoms with Crippen molar-refractivity contribution in [1.82, 2.24) is 0 Å². The van der Waals surface area contributed by atoms with E-state index in [2.05, 4.69) is 15.9 Å². The Morgan fingerprint density at radius 2 is 1.76 bits per heavy atom. The lowest BCUT2D eigenvalue weighted by Crippen LogP contribution is -2.13. The molecule has 0 aliphatic rings. The molecule has 0 fully saturated rings. The van der Waals surface area contributed by atoms with Crippen molar-refractivity contribution in [2.75, 3.05) is 0 Å². The fraction of sp³-hybridized carbons (Fsp3) is 0.500. The van der Waals surface area contributed by atoms with Gasteiger partial charge in [0.2, 0.25) is 0 Å². The number of hydrogen-bond acceptors (Lipinski definition) is 1. The fourth-order valence-electron chi connectivity index (χ4n) is 1.53. The van der Waals surface area contributed by atoms with Crippen molar-refractivity contribution in [3.05, 3.63) is 34.3 Å². The molecule has 0 saturated carbocycles. The Bertz CT molecular complexity index is 335. The van der Waals surface area contributed by atoms with Gasteiger partial charge in [-0.15, -0.1) is 0 Å². The molecule has 0 bridgehead atoms. The average molecular weight is 311 g/mol. The molecule has 96 valence electrons. The van der Waals surface area contributed by atoms with Crippen molar-refractivity contribution in [2.45, 2.75) is 38.0 Å². The molecular weight excluding hydrogens is 297 g/mol. The summed E-state index contributed by atoms with van der Waals surface area (Å²) >= 11 is 3.29. The van der Waals surface area contributed by atoms with Crippen LogP contribution >= 0.6 is 15.9 Å². The molecule has 1 aromatic rings. The highest BCUT2D eigenvalue weighted by Gasteiger charge is 2.26. The second kappa shape index (κ2) is 6.40. The van der Waals surface area contributed by atoms with E-state index in [1.807, 2.05) is 24.3 Å². The summed E-state index contributed by atoms with van der Waals surface area (Å²) in [5.41, 5.74) is 0.924. The largest absolute Gasteiger partial charge is 0.393 e. The van der Waals surface area contributed by atoms with Gasteiger partial charge in [-0.3, -0.25) is 0 Å². The van der Waals surface area contributed by atoms with E-state index in [-0.39, 0.29) is 12.8 Å². The first-order valence-electron chi connectivity index (χ1n) is 5.36. The summed E-state index contributed by atoms with van der Waals surface area (Å²) < 4.78 is 36.6. The maximum Gasteiger partial charge on any atom is 0.389 e. The maximum atomic E-state index is 11.9. The fourth-order valence-corrected chi connectivity index (χ4v) is 1.80. The van der Waals surface area contributed by atoms with Gasteiger partial charge >= 0.3 is 6.18 Å². The molecule has 0 radical (unpaired) electrons. The van der Waals surface area contributed by atoms with Gasteiger partial charge in [-0.2, -0.15) is 13.2 Å². The van der Waals surface area contributed by atoms with Gasteiger partial charge in [0, 0.05) is 10.9 Å². The van der Waals surface area contributed by atoms with E-state index < -0.39 is 18.7 Å². The maximum absolute atomic E-state index is 11.9. The lowest BCUT2D eigenvalue weighted by Gasteiger charge is -2.11. The van der Waals surface area contributed by atoms with Crippen molar-refractivity contribution in [3.8, 4) is 0 Å². The first-order chi connectivity index (χ1) is 7.87. The van der Waals surface area contributed by atoms with Crippen molar-refractivity contribution in [3.63, 3.8) is 0 Å². The zero-order valence-electron chi connectivity index (χ0n) is 9.17. The highest BCUT2D eigenvalue weighted by atomic mass is 79.9. The van der Waals surface area contributed by atoms with E-state index >= 15 is 0 Å². The van der Waals surface area contributed by atoms with Crippen LogP contribution < -0.4 is 0 Å². The van der Waals surface area contributed by atoms with E-state index in [1.54, 1.807) is 0 Å². The lowest BCUT2D eigenvalue weighted by molar-refractivity contribution is -0.136. The summed E-state index contributed by atoms with van der Waals surface area (Å²) in [7, 11) is 0. The summed E-state index contributed by atoms with van der Waals surface area (Å²) in [5.74, 6) is 0. The van der Waals surface area contributed by atoms with E-state index in [0.29, 0.717) is 6.42 Å². The zero-order valence-corrected chi connectivity index (χ0v) is 10.8. The van der Waals surface area contributed by atoms with E-state index in [0.717, 1.165) is 10.0 Å². The minimum Gasteiger partial charge on any atom is -0.393 e. The van der Waals surface area contributed by atoms with Gasteiger partial charge in [0.25, 0.3) is 0 Å². The molecule has 5 heteroatoms. The van der Waals surface area contributed by atoms with Crippen LogP contribution in [0.1, 0.15) is 24.8 Å². The number of aliphatic hydroxyl groups excluding tert-OH is 1. The van der Waals surface area contributed by atoms with Crippen LogP contribution in [0.3, 0.4) is 0 Å². The third-order valence-corrected chi connectivity index (χ3v) is 2.91. The Morgan fingerprint density at radius 1 is 1.18 bits per heavy atom. The Balaban J connectivity index is 2.30. The van der Waals surface area contributed by atoms with Crippen molar-refractivity contribution < 1.29 is 18.3 Å². The van der Waals surface area contributed by atoms with Gasteiger partial charge in [0.15, 0.2) is 0 Å². The quantitative estimate of drug-likeness (QED) is 0.868. The van der Waals surface area contributed by atoms with Crippen LogP contribution in [0.15, 0.2) is 28.7 Å². The van der Waals surface area contributed by atoms with E-state index in [4.69, 9.17) is 0 Å². The first-order valence-corrected chi connectivity index (χ1v) is 6.15. The number of benzene rings is 1. The predicted octanol–water partition coefficient (Wildman–Crippen LogP) is 4.09. The average Bonchev–Trinajstić information content (AvgIpc) is 2.19. The second-order valence-electron chi connectivity index (χ2n) is 3.99. The summed E-state index contributed by atoms with van der Waals surface area (Å²) in [4.78, 5) is 0. The molecule has 0 spiro atoms. The standard InChI is InChI=1S/C12H14BrF3O/c13-10-5-3-9(4-6-10)8-11(17)2-1-7-12(14,15)16/h3-6,11,17H,1-2,7-8H2. The topological polar surface area (TPSA) is 20.2 Å². The van der Waals surface area contributed by atoms with Gasteiger partial charge in [0.1, 0.15) is 0 Å². The Kier molecular flexibility index (Phi) is 5.46. The van der Waals surface area contributed by atoms with Gasteiger partial charge in [-0.25, -0.2) is 0 Å². The summed E-state index contributed by atoms with van der Waals surface area (Å²) in [6.45, 7) is 0. The highest BCUT2D eigenvalue weighted by Crippen LogP contribution is 2.23. The molecule has 0 heterocycles. The summed E-state index contributed by atoms with van der Waals surface area (Å²) in [5, 5.41) is 9.59. The molecule has 0 aliphatic heterocycles. The molecule has 1 aromatic carbocycles. The van der Waals surface area contributed by atoms with Crippen LogP contribution in [0, 0.1) is 0 Å². The number of alkyl halides is 3. The van der Waals surface area contributed by atoms with E-state index in [1.165, 1.54) is 0 Å². The third kappa shape index (κ3) is 6.68.